The molecule has 0 aliphatic heterocycles. The van der Waals surface area contributed by atoms with Crippen molar-refractivity contribution in [1.82, 2.24) is 10.3 Å². The Balaban J connectivity index is 2.91. The number of aromatic amines is 1. The third-order valence-electron chi connectivity index (χ3n) is 3.14. The quantitative estimate of drug-likeness (QED) is 0.380. The fourth-order valence-corrected chi connectivity index (χ4v) is 2.18. The fraction of sp³-hybridized carbons (Fsp3) is 0.400. The van der Waals surface area contributed by atoms with Crippen LogP contribution in [-0.2, 0) is 9.53 Å². The van der Waals surface area contributed by atoms with E-state index in [2.05, 4.69) is 16.9 Å². The van der Waals surface area contributed by atoms with E-state index in [1.54, 1.807) is 13.8 Å². The van der Waals surface area contributed by atoms with Crippen molar-refractivity contribution in [3.63, 3.8) is 0 Å². The van der Waals surface area contributed by atoms with Crippen molar-refractivity contribution in [2.24, 2.45) is 0 Å². The number of aliphatic carboxylic acids is 1. The number of ether oxygens (including phenoxy) is 1. The molecule has 0 aromatic carbocycles. The SMILES string of the molecule is C=CCOCC(NC(=O)c1[nH]c(C)c(C(C)=O)c1C)C(=O)O. The molecule has 1 amide bonds. The van der Waals surface area contributed by atoms with E-state index in [1.165, 1.54) is 13.0 Å². The lowest BCUT2D eigenvalue weighted by Crippen LogP contribution is -2.44. The summed E-state index contributed by atoms with van der Waals surface area (Å²) >= 11 is 0. The number of carboxylic acids is 1. The van der Waals surface area contributed by atoms with Crippen molar-refractivity contribution in [1.29, 1.82) is 0 Å². The van der Waals surface area contributed by atoms with Crippen LogP contribution in [0.3, 0.4) is 0 Å². The molecular formula is C15H20N2O5. The van der Waals surface area contributed by atoms with Gasteiger partial charge in [-0.25, -0.2) is 4.79 Å². The molecule has 1 aromatic heterocycles. The Labute approximate surface area is 128 Å². The Morgan fingerprint density at radius 1 is 1.41 bits per heavy atom. The zero-order valence-electron chi connectivity index (χ0n) is 12.9. The van der Waals surface area contributed by atoms with Gasteiger partial charge in [0.15, 0.2) is 11.8 Å². The highest BCUT2D eigenvalue weighted by Crippen LogP contribution is 2.18. The maximum absolute atomic E-state index is 12.2. The zero-order valence-corrected chi connectivity index (χ0v) is 12.9. The molecule has 0 radical (unpaired) electrons. The summed E-state index contributed by atoms with van der Waals surface area (Å²) in [5.41, 5.74) is 1.70. The first-order valence-corrected chi connectivity index (χ1v) is 6.72. The molecule has 0 spiro atoms. The molecule has 0 aliphatic rings. The number of aryl methyl sites for hydroxylation is 1. The third-order valence-corrected chi connectivity index (χ3v) is 3.14. The van der Waals surface area contributed by atoms with Gasteiger partial charge in [0.2, 0.25) is 0 Å². The van der Waals surface area contributed by atoms with E-state index in [1.807, 2.05) is 0 Å². The van der Waals surface area contributed by atoms with Gasteiger partial charge in [-0.05, 0) is 26.3 Å². The normalized spacial score (nSPS) is 11.8. The predicted molar refractivity (Wildman–Crippen MR) is 80.2 cm³/mol. The number of ketones is 1. The Bertz CT molecular complexity index is 603. The van der Waals surface area contributed by atoms with Crippen LogP contribution < -0.4 is 5.32 Å². The number of carbonyl (C=O) groups is 3. The van der Waals surface area contributed by atoms with Crippen molar-refractivity contribution in [2.45, 2.75) is 26.8 Å². The van der Waals surface area contributed by atoms with Crippen molar-refractivity contribution in [2.75, 3.05) is 13.2 Å². The smallest absolute Gasteiger partial charge is 0.328 e. The van der Waals surface area contributed by atoms with E-state index in [-0.39, 0.29) is 24.7 Å². The Morgan fingerprint density at radius 2 is 2.05 bits per heavy atom. The molecule has 7 nitrogen and oxygen atoms in total. The van der Waals surface area contributed by atoms with Crippen LogP contribution in [0, 0.1) is 13.8 Å². The molecule has 7 heteroatoms. The lowest BCUT2D eigenvalue weighted by molar-refractivity contribution is -0.140. The van der Waals surface area contributed by atoms with E-state index < -0.39 is 17.9 Å². The van der Waals surface area contributed by atoms with Crippen LogP contribution in [0.5, 0.6) is 0 Å². The minimum absolute atomic E-state index is 0.158. The summed E-state index contributed by atoms with van der Waals surface area (Å²) in [6.45, 7) is 8.20. The summed E-state index contributed by atoms with van der Waals surface area (Å²) in [4.78, 5) is 37.7. The van der Waals surface area contributed by atoms with E-state index >= 15 is 0 Å². The van der Waals surface area contributed by atoms with Crippen LogP contribution in [-0.4, -0.2) is 47.0 Å². The second kappa shape index (κ2) is 7.56. The maximum atomic E-state index is 12.2. The highest BCUT2D eigenvalue weighted by molar-refractivity contribution is 6.03. The van der Waals surface area contributed by atoms with Crippen LogP contribution >= 0.6 is 0 Å². The molecular weight excluding hydrogens is 288 g/mol. The van der Waals surface area contributed by atoms with Gasteiger partial charge >= 0.3 is 5.97 Å². The molecule has 0 aliphatic carbocycles. The first-order valence-electron chi connectivity index (χ1n) is 6.72. The Hall–Kier alpha value is -2.41. The number of amides is 1. The second-order valence-corrected chi connectivity index (χ2v) is 4.87. The summed E-state index contributed by atoms with van der Waals surface area (Å²) < 4.78 is 5.06. The molecule has 0 fully saturated rings. The number of hydrogen-bond donors (Lipinski definition) is 3. The summed E-state index contributed by atoms with van der Waals surface area (Å²) in [5, 5.41) is 11.5. The zero-order chi connectivity index (χ0) is 16.9. The van der Waals surface area contributed by atoms with Gasteiger partial charge in [0.1, 0.15) is 5.69 Å². The van der Waals surface area contributed by atoms with Gasteiger partial charge in [0, 0.05) is 11.3 Å². The number of Topliss-reactive ketones (excluding diaryl/α,β-unsaturated/α-hetero) is 1. The number of rotatable bonds is 8. The molecule has 1 aromatic rings. The maximum Gasteiger partial charge on any atom is 0.328 e. The number of carboxylic acid groups (broad SMARTS) is 1. The van der Waals surface area contributed by atoms with Gasteiger partial charge < -0.3 is 20.1 Å². The van der Waals surface area contributed by atoms with Crippen molar-refractivity contribution in [3.8, 4) is 0 Å². The van der Waals surface area contributed by atoms with Gasteiger partial charge in [0.25, 0.3) is 5.91 Å². The van der Waals surface area contributed by atoms with Crippen molar-refractivity contribution < 1.29 is 24.2 Å². The van der Waals surface area contributed by atoms with Crippen LogP contribution in [0.4, 0.5) is 0 Å². The van der Waals surface area contributed by atoms with Crippen LogP contribution in [0.1, 0.15) is 39.0 Å². The van der Waals surface area contributed by atoms with Gasteiger partial charge in [-0.15, -0.1) is 6.58 Å². The first kappa shape index (κ1) is 17.6. The van der Waals surface area contributed by atoms with Crippen LogP contribution in [0.15, 0.2) is 12.7 Å². The average molecular weight is 308 g/mol. The van der Waals surface area contributed by atoms with E-state index in [0.717, 1.165) is 0 Å². The summed E-state index contributed by atoms with van der Waals surface area (Å²) in [6.07, 6.45) is 1.48. The highest BCUT2D eigenvalue weighted by Gasteiger charge is 2.25. The number of H-pyrrole nitrogens is 1. The lowest BCUT2D eigenvalue weighted by Gasteiger charge is -2.14. The molecule has 1 heterocycles. The van der Waals surface area contributed by atoms with E-state index in [0.29, 0.717) is 16.8 Å². The second-order valence-electron chi connectivity index (χ2n) is 4.87. The van der Waals surface area contributed by atoms with Gasteiger partial charge in [-0.1, -0.05) is 6.08 Å². The molecule has 22 heavy (non-hydrogen) atoms. The standard InChI is InChI=1S/C15H20N2O5/c1-5-6-22-7-11(15(20)21)17-14(19)13-8(2)12(10(4)18)9(3)16-13/h5,11,16H,1,6-7H2,2-4H3,(H,17,19)(H,20,21). The number of aromatic nitrogens is 1. The highest BCUT2D eigenvalue weighted by atomic mass is 16.5. The monoisotopic (exact) mass is 308 g/mol. The molecule has 1 unspecified atom stereocenters. The van der Waals surface area contributed by atoms with Crippen molar-refractivity contribution >= 4 is 17.7 Å². The number of carbonyl (C=O) groups excluding carboxylic acids is 2. The molecule has 1 atom stereocenters. The molecule has 1 rings (SSSR count). The molecule has 0 bridgehead atoms. The Morgan fingerprint density at radius 3 is 2.50 bits per heavy atom. The molecule has 0 saturated heterocycles. The van der Waals surface area contributed by atoms with Gasteiger partial charge in [-0.3, -0.25) is 9.59 Å². The number of nitrogens with one attached hydrogen (secondary N) is 2. The minimum atomic E-state index is -1.20. The van der Waals surface area contributed by atoms with Crippen LogP contribution in [0.25, 0.3) is 0 Å². The summed E-state index contributed by atoms with van der Waals surface area (Å²) in [5.74, 6) is -1.96. The Kier molecular flexibility index (Phi) is 6.06. The third kappa shape index (κ3) is 4.05. The topological polar surface area (TPSA) is 108 Å². The van der Waals surface area contributed by atoms with Gasteiger partial charge in [0.05, 0.1) is 13.2 Å². The summed E-state index contributed by atoms with van der Waals surface area (Å²) in [6, 6.07) is -1.18. The molecule has 3 N–H and O–H groups in total. The van der Waals surface area contributed by atoms with Crippen LogP contribution in [0.2, 0.25) is 0 Å². The molecule has 0 saturated carbocycles. The van der Waals surface area contributed by atoms with E-state index in [4.69, 9.17) is 9.84 Å². The predicted octanol–water partition coefficient (Wildman–Crippen LogP) is 1.22. The largest absolute Gasteiger partial charge is 0.480 e. The first-order chi connectivity index (χ1) is 10.3. The van der Waals surface area contributed by atoms with E-state index in [9.17, 15) is 14.4 Å². The average Bonchev–Trinajstić information content (AvgIpc) is 2.72. The summed E-state index contributed by atoms with van der Waals surface area (Å²) in [7, 11) is 0. The number of hydrogen-bond acceptors (Lipinski definition) is 4. The minimum Gasteiger partial charge on any atom is -0.480 e. The fourth-order valence-electron chi connectivity index (χ4n) is 2.18. The van der Waals surface area contributed by atoms with Crippen molar-refractivity contribution in [3.05, 3.63) is 35.2 Å². The lowest BCUT2D eigenvalue weighted by atomic mass is 10.1. The molecule has 120 valence electrons. The van der Waals surface area contributed by atoms with Gasteiger partial charge in [-0.2, -0.15) is 0 Å².